The van der Waals surface area contributed by atoms with Gasteiger partial charge in [-0.25, -0.2) is 9.59 Å². The molecule has 0 radical (unpaired) electrons. The molecular formula is C28H26N2O5S. The number of aromatic carboxylic acids is 2. The number of benzene rings is 3. The third-order valence-electron chi connectivity index (χ3n) is 6.12. The summed E-state index contributed by atoms with van der Waals surface area (Å²) in [5.74, 6) is -1.68. The summed E-state index contributed by atoms with van der Waals surface area (Å²) < 4.78 is 14.9. The van der Waals surface area contributed by atoms with Crippen LogP contribution in [0.2, 0.25) is 0 Å². The maximum atomic E-state index is 13.3. The van der Waals surface area contributed by atoms with Gasteiger partial charge in [0, 0.05) is 23.6 Å². The molecule has 0 saturated heterocycles. The zero-order chi connectivity index (χ0) is 25.8. The summed E-state index contributed by atoms with van der Waals surface area (Å²) in [6, 6.07) is 22.8. The van der Waals surface area contributed by atoms with E-state index in [4.69, 9.17) is 0 Å². The van der Waals surface area contributed by atoms with Gasteiger partial charge >= 0.3 is 11.9 Å². The van der Waals surface area contributed by atoms with Crippen LogP contribution in [-0.4, -0.2) is 36.3 Å². The Kier molecular flexibility index (Phi) is 7.57. The number of carboxylic acids is 2. The third-order valence-corrected chi connectivity index (χ3v) is 7.45. The van der Waals surface area contributed by atoms with E-state index in [9.17, 15) is 24.4 Å². The largest absolute Gasteiger partial charge is 0.605 e. The number of rotatable bonds is 9. The van der Waals surface area contributed by atoms with Gasteiger partial charge in [-0.3, -0.25) is 0 Å². The van der Waals surface area contributed by atoms with Crippen molar-refractivity contribution in [1.29, 1.82) is 0 Å². The molecule has 0 aliphatic heterocycles. The first-order valence-electron chi connectivity index (χ1n) is 11.5. The van der Waals surface area contributed by atoms with Crippen LogP contribution in [0.5, 0.6) is 0 Å². The van der Waals surface area contributed by atoms with Crippen molar-refractivity contribution in [2.24, 2.45) is 0 Å². The molecule has 0 aliphatic carbocycles. The number of carboxylic acid groups (broad SMARTS) is 2. The minimum atomic E-state index is -1.75. The van der Waals surface area contributed by atoms with E-state index < -0.39 is 23.1 Å². The molecule has 4 rings (SSSR count). The van der Waals surface area contributed by atoms with E-state index in [0.29, 0.717) is 16.3 Å². The van der Waals surface area contributed by atoms with Crippen LogP contribution < -0.4 is 0 Å². The molecule has 4 aromatic rings. The van der Waals surface area contributed by atoms with E-state index in [1.165, 1.54) is 0 Å². The lowest BCUT2D eigenvalue weighted by Crippen LogP contribution is -2.16. The van der Waals surface area contributed by atoms with Crippen LogP contribution >= 0.6 is 0 Å². The highest BCUT2D eigenvalue weighted by molar-refractivity contribution is 7.91. The first kappa shape index (κ1) is 25.2. The molecule has 1 aromatic heterocycles. The lowest BCUT2D eigenvalue weighted by Gasteiger charge is -2.14. The summed E-state index contributed by atoms with van der Waals surface area (Å²) in [7, 11) is 0. The maximum Gasteiger partial charge on any atom is 0.359 e. The molecule has 0 saturated carbocycles. The highest BCUT2D eigenvalue weighted by atomic mass is 32.2. The summed E-state index contributed by atoms with van der Waals surface area (Å²) in [6.07, 6.45) is 0.735. The Morgan fingerprint density at radius 3 is 2.19 bits per heavy atom. The lowest BCUT2D eigenvalue weighted by atomic mass is 9.98. The lowest BCUT2D eigenvalue weighted by molar-refractivity contribution is 0.0675. The second-order valence-electron chi connectivity index (χ2n) is 8.45. The number of hydrogen-bond acceptors (Lipinski definition) is 4. The molecule has 8 heteroatoms. The molecule has 2 atom stereocenters. The van der Waals surface area contributed by atoms with Gasteiger partial charge in [-0.05, 0) is 41.3 Å². The third kappa shape index (κ3) is 5.05. The standard InChI is InChI=1S/C28H26N2O5S/c1-3-18(2)25-29-26(36(35)21-9-5-4-6-10-21)24(28(33)34)30(25)17-19-13-15-20(16-14-19)22-11-7-8-12-23(22)27(31)32/h4-16,18H,3,17H2,1-2H3,(H,31,32)(H,33,34). The fourth-order valence-electron chi connectivity index (χ4n) is 4.05. The quantitative estimate of drug-likeness (QED) is 0.285. The second kappa shape index (κ2) is 10.8. The highest BCUT2D eigenvalue weighted by Gasteiger charge is 2.33. The molecule has 0 fully saturated rings. The average molecular weight is 503 g/mol. The molecule has 7 nitrogen and oxygen atoms in total. The maximum absolute atomic E-state index is 13.3. The molecule has 2 unspecified atom stereocenters. The van der Waals surface area contributed by atoms with Gasteiger partial charge in [0.05, 0.1) is 5.56 Å². The minimum Gasteiger partial charge on any atom is -0.605 e. The number of aromatic nitrogens is 2. The molecule has 184 valence electrons. The van der Waals surface area contributed by atoms with Gasteiger partial charge in [-0.2, -0.15) is 4.98 Å². The molecular weight excluding hydrogens is 476 g/mol. The Morgan fingerprint density at radius 1 is 0.944 bits per heavy atom. The van der Waals surface area contributed by atoms with Crippen molar-refractivity contribution >= 4 is 23.1 Å². The van der Waals surface area contributed by atoms with E-state index in [1.807, 2.05) is 38.1 Å². The van der Waals surface area contributed by atoms with E-state index in [2.05, 4.69) is 4.98 Å². The van der Waals surface area contributed by atoms with Gasteiger partial charge in [0.2, 0.25) is 5.69 Å². The van der Waals surface area contributed by atoms with Crippen LogP contribution in [0.15, 0.2) is 88.8 Å². The number of nitrogens with zero attached hydrogens (tertiary/aromatic N) is 2. The molecule has 1 heterocycles. The Morgan fingerprint density at radius 2 is 1.58 bits per heavy atom. The SMILES string of the molecule is CCC(C)c1nc([S+]([O-])c2ccccc2)c(C(=O)O)n1Cc1ccc(-c2ccccc2C(=O)O)cc1. The Balaban J connectivity index is 1.75. The molecule has 0 bridgehead atoms. The monoisotopic (exact) mass is 502 g/mol. The predicted molar refractivity (Wildman–Crippen MR) is 137 cm³/mol. The average Bonchev–Trinajstić information content (AvgIpc) is 3.28. The van der Waals surface area contributed by atoms with Crippen LogP contribution in [0.1, 0.15) is 58.4 Å². The Labute approximate surface area is 212 Å². The van der Waals surface area contributed by atoms with Crippen molar-refractivity contribution < 1.29 is 24.4 Å². The summed E-state index contributed by atoms with van der Waals surface area (Å²) in [5.41, 5.74) is 2.28. The van der Waals surface area contributed by atoms with Crippen molar-refractivity contribution in [3.8, 4) is 11.1 Å². The Bertz CT molecular complexity index is 1380. The molecule has 0 aliphatic rings. The van der Waals surface area contributed by atoms with E-state index in [0.717, 1.165) is 17.5 Å². The zero-order valence-corrected chi connectivity index (χ0v) is 20.7. The fourth-order valence-corrected chi connectivity index (χ4v) is 5.23. The van der Waals surface area contributed by atoms with Crippen molar-refractivity contribution in [3.63, 3.8) is 0 Å². The van der Waals surface area contributed by atoms with E-state index >= 15 is 0 Å². The summed E-state index contributed by atoms with van der Waals surface area (Å²) in [4.78, 5) is 29.1. The van der Waals surface area contributed by atoms with Gasteiger partial charge in [0.1, 0.15) is 5.82 Å². The van der Waals surface area contributed by atoms with Crippen LogP contribution in [0, 0.1) is 0 Å². The van der Waals surface area contributed by atoms with Crippen LogP contribution in [0.3, 0.4) is 0 Å². The first-order chi connectivity index (χ1) is 17.3. The van der Waals surface area contributed by atoms with Crippen molar-refractivity contribution in [3.05, 3.63) is 102 Å². The molecule has 2 N–H and O–H groups in total. The van der Waals surface area contributed by atoms with E-state index in [-0.39, 0.29) is 28.7 Å². The number of hydrogen-bond donors (Lipinski definition) is 2. The smallest absolute Gasteiger partial charge is 0.359 e. The van der Waals surface area contributed by atoms with Gasteiger partial charge in [-0.15, -0.1) is 0 Å². The molecule has 0 amide bonds. The fraction of sp³-hybridized carbons (Fsp3) is 0.179. The Hall–Kier alpha value is -3.88. The normalized spacial score (nSPS) is 12.8. The van der Waals surface area contributed by atoms with E-state index in [1.54, 1.807) is 59.2 Å². The van der Waals surface area contributed by atoms with Crippen molar-refractivity contribution in [1.82, 2.24) is 9.55 Å². The zero-order valence-electron chi connectivity index (χ0n) is 19.9. The van der Waals surface area contributed by atoms with Crippen molar-refractivity contribution in [2.45, 2.75) is 42.7 Å². The second-order valence-corrected chi connectivity index (χ2v) is 9.85. The van der Waals surface area contributed by atoms with Crippen LogP contribution in [0.25, 0.3) is 11.1 Å². The summed E-state index contributed by atoms with van der Waals surface area (Å²) in [6.45, 7) is 4.18. The topological polar surface area (TPSA) is 115 Å². The van der Waals surface area contributed by atoms with Gasteiger partial charge in [0.25, 0.3) is 5.03 Å². The van der Waals surface area contributed by atoms with Crippen molar-refractivity contribution in [2.75, 3.05) is 0 Å². The molecule has 3 aromatic carbocycles. The number of imidazole rings is 1. The number of carbonyl (C=O) groups is 2. The molecule has 36 heavy (non-hydrogen) atoms. The van der Waals surface area contributed by atoms with Gasteiger partial charge in [0.15, 0.2) is 4.90 Å². The van der Waals surface area contributed by atoms with Gasteiger partial charge < -0.3 is 19.3 Å². The summed E-state index contributed by atoms with van der Waals surface area (Å²) in [5, 5.41) is 19.7. The molecule has 0 spiro atoms. The summed E-state index contributed by atoms with van der Waals surface area (Å²) >= 11 is -1.75. The van der Waals surface area contributed by atoms with Gasteiger partial charge in [-0.1, -0.05) is 74.5 Å². The predicted octanol–water partition coefficient (Wildman–Crippen LogP) is 5.68. The minimum absolute atomic E-state index is 0.0380. The van der Waals surface area contributed by atoms with Crippen LogP contribution in [-0.2, 0) is 17.7 Å². The highest BCUT2D eigenvalue weighted by Crippen LogP contribution is 2.30. The van der Waals surface area contributed by atoms with Crippen LogP contribution in [0.4, 0.5) is 0 Å². The first-order valence-corrected chi connectivity index (χ1v) is 12.7.